The summed E-state index contributed by atoms with van der Waals surface area (Å²) in [5, 5.41) is 4.21. The van der Waals surface area contributed by atoms with Crippen molar-refractivity contribution in [2.75, 3.05) is 38.3 Å². The summed E-state index contributed by atoms with van der Waals surface area (Å²) in [6.07, 6.45) is 4.29. The zero-order valence-electron chi connectivity index (χ0n) is 15.2. The highest BCUT2D eigenvalue weighted by molar-refractivity contribution is 6.01. The summed E-state index contributed by atoms with van der Waals surface area (Å²) >= 11 is 0. The molecule has 0 spiro atoms. The van der Waals surface area contributed by atoms with Crippen molar-refractivity contribution in [1.29, 1.82) is 0 Å². The Kier molecular flexibility index (Phi) is 4.81. The Morgan fingerprint density at radius 1 is 1.37 bits per heavy atom. The lowest BCUT2D eigenvalue weighted by Gasteiger charge is -2.28. The lowest BCUT2D eigenvalue weighted by molar-refractivity contribution is -0.120. The second-order valence-corrected chi connectivity index (χ2v) is 6.75. The molecule has 142 valence electrons. The summed E-state index contributed by atoms with van der Waals surface area (Å²) in [5.41, 5.74) is 1.16. The van der Waals surface area contributed by atoms with Crippen LogP contribution in [0.1, 0.15) is 16.8 Å². The van der Waals surface area contributed by atoms with E-state index < -0.39 is 0 Å². The summed E-state index contributed by atoms with van der Waals surface area (Å²) < 4.78 is 13.1. The highest BCUT2D eigenvalue weighted by Crippen LogP contribution is 2.32. The molecule has 1 fully saturated rings. The van der Waals surface area contributed by atoms with Gasteiger partial charge >= 0.3 is 0 Å². The molecule has 8 nitrogen and oxygen atoms in total. The summed E-state index contributed by atoms with van der Waals surface area (Å²) in [5.74, 6) is 0.416. The average molecular weight is 370 g/mol. The van der Waals surface area contributed by atoms with E-state index in [1.54, 1.807) is 31.4 Å². The average Bonchev–Trinajstić information content (AvgIpc) is 3.08. The van der Waals surface area contributed by atoms with Crippen LogP contribution in [-0.4, -0.2) is 65.9 Å². The van der Waals surface area contributed by atoms with E-state index in [2.05, 4.69) is 5.10 Å². The first-order chi connectivity index (χ1) is 13.1. The van der Waals surface area contributed by atoms with Crippen LogP contribution >= 0.6 is 0 Å². The van der Waals surface area contributed by atoms with Gasteiger partial charge in [-0.25, -0.2) is 0 Å². The number of rotatable bonds is 3. The van der Waals surface area contributed by atoms with Gasteiger partial charge in [0, 0.05) is 44.7 Å². The molecule has 8 heteroatoms. The maximum absolute atomic E-state index is 13.1. The van der Waals surface area contributed by atoms with E-state index in [0.29, 0.717) is 43.2 Å². The van der Waals surface area contributed by atoms with Crippen molar-refractivity contribution < 1.29 is 19.1 Å². The second kappa shape index (κ2) is 7.40. The van der Waals surface area contributed by atoms with E-state index in [1.807, 2.05) is 21.8 Å². The second-order valence-electron chi connectivity index (χ2n) is 6.75. The number of carbonyl (C=O) groups excluding carboxylic acids is 2. The first kappa shape index (κ1) is 17.5. The normalized spacial score (nSPS) is 20.0. The van der Waals surface area contributed by atoms with Gasteiger partial charge in [-0.1, -0.05) is 0 Å². The fourth-order valence-corrected chi connectivity index (χ4v) is 3.40. The van der Waals surface area contributed by atoms with Crippen molar-refractivity contribution >= 4 is 17.5 Å². The monoisotopic (exact) mass is 370 g/mol. The number of likely N-dealkylation sites (N-methyl/N-ethyl adjacent to an activating group) is 1. The van der Waals surface area contributed by atoms with Crippen LogP contribution in [0.25, 0.3) is 0 Å². The number of benzene rings is 1. The number of carbonyl (C=O) groups is 2. The molecular weight excluding hydrogens is 348 g/mol. The summed E-state index contributed by atoms with van der Waals surface area (Å²) in [4.78, 5) is 28.3. The molecule has 0 radical (unpaired) electrons. The van der Waals surface area contributed by atoms with Crippen LogP contribution in [0.4, 0.5) is 5.69 Å². The van der Waals surface area contributed by atoms with Crippen LogP contribution in [0.2, 0.25) is 0 Å². The van der Waals surface area contributed by atoms with Gasteiger partial charge in [0.1, 0.15) is 5.75 Å². The molecule has 3 heterocycles. The number of hydrogen-bond acceptors (Lipinski definition) is 5. The molecular formula is C19H22N4O4. The number of nitrogens with zero attached hydrogens (tertiary/aromatic N) is 4. The molecule has 0 saturated carbocycles. The summed E-state index contributed by atoms with van der Waals surface area (Å²) in [6, 6.07) is 7.09. The fourth-order valence-electron chi connectivity index (χ4n) is 3.40. The molecule has 1 atom stereocenters. The third-order valence-electron chi connectivity index (χ3n) is 4.88. The molecule has 2 aromatic rings. The number of ether oxygens (including phenoxy) is 2. The Bertz CT molecular complexity index is 836. The van der Waals surface area contributed by atoms with E-state index in [-0.39, 0.29) is 24.5 Å². The van der Waals surface area contributed by atoms with Gasteiger partial charge in [0.15, 0.2) is 6.61 Å². The topological polar surface area (TPSA) is 76.9 Å². The first-order valence-electron chi connectivity index (χ1n) is 9.03. The van der Waals surface area contributed by atoms with Crippen LogP contribution in [0.3, 0.4) is 0 Å². The number of amides is 2. The van der Waals surface area contributed by atoms with Crippen molar-refractivity contribution in [3.63, 3.8) is 0 Å². The van der Waals surface area contributed by atoms with E-state index in [4.69, 9.17) is 9.47 Å². The van der Waals surface area contributed by atoms with Gasteiger partial charge in [-0.15, -0.1) is 0 Å². The van der Waals surface area contributed by atoms with Crippen molar-refractivity contribution in [2.24, 2.45) is 0 Å². The molecule has 1 saturated heterocycles. The van der Waals surface area contributed by atoms with Gasteiger partial charge in [-0.05, 0) is 30.7 Å². The Hall–Kier alpha value is -2.87. The predicted molar refractivity (Wildman–Crippen MR) is 97.8 cm³/mol. The van der Waals surface area contributed by atoms with Crippen LogP contribution in [0.15, 0.2) is 36.7 Å². The Morgan fingerprint density at radius 2 is 2.26 bits per heavy atom. The highest BCUT2D eigenvalue weighted by atomic mass is 16.5. The van der Waals surface area contributed by atoms with Crippen LogP contribution in [0, 0.1) is 0 Å². The maximum Gasteiger partial charge on any atom is 0.264 e. The highest BCUT2D eigenvalue weighted by Gasteiger charge is 2.27. The molecule has 2 aliphatic heterocycles. The number of fused-ring (bicyclic) bond motifs is 1. The lowest BCUT2D eigenvalue weighted by Crippen LogP contribution is -2.39. The third-order valence-corrected chi connectivity index (χ3v) is 4.88. The van der Waals surface area contributed by atoms with E-state index in [1.165, 1.54) is 4.90 Å². The van der Waals surface area contributed by atoms with Gasteiger partial charge in [0.25, 0.3) is 11.8 Å². The molecule has 4 rings (SSSR count). The maximum atomic E-state index is 13.1. The minimum Gasteiger partial charge on any atom is -0.482 e. The van der Waals surface area contributed by atoms with E-state index >= 15 is 0 Å². The van der Waals surface area contributed by atoms with Gasteiger partial charge in [-0.2, -0.15) is 5.10 Å². The van der Waals surface area contributed by atoms with Gasteiger partial charge in [0.05, 0.1) is 18.3 Å². The molecule has 0 bridgehead atoms. The van der Waals surface area contributed by atoms with Crippen LogP contribution in [-0.2, 0) is 16.1 Å². The number of anilines is 1. The molecule has 1 aromatic heterocycles. The smallest absolute Gasteiger partial charge is 0.264 e. The van der Waals surface area contributed by atoms with Crippen molar-refractivity contribution in [3.8, 4) is 5.75 Å². The van der Waals surface area contributed by atoms with E-state index in [9.17, 15) is 9.59 Å². The molecule has 0 N–H and O–H groups in total. The predicted octanol–water partition coefficient (Wildman–Crippen LogP) is 1.17. The zero-order chi connectivity index (χ0) is 18.8. The van der Waals surface area contributed by atoms with Crippen molar-refractivity contribution in [1.82, 2.24) is 14.7 Å². The molecule has 1 aromatic carbocycles. The first-order valence-corrected chi connectivity index (χ1v) is 9.03. The summed E-state index contributed by atoms with van der Waals surface area (Å²) in [7, 11) is 1.69. The molecule has 2 amide bonds. The van der Waals surface area contributed by atoms with Crippen LogP contribution < -0.4 is 9.64 Å². The van der Waals surface area contributed by atoms with Crippen LogP contribution in [0.5, 0.6) is 5.75 Å². The zero-order valence-corrected chi connectivity index (χ0v) is 15.2. The molecule has 27 heavy (non-hydrogen) atoms. The standard InChI is InChI=1S/C19H22N4O4/c1-21-16-10-14(4-5-17(16)27-13-18(21)24)19(25)22-7-3-9-26-15(11-22)12-23-8-2-6-20-23/h2,4-6,8,10,15H,3,7,9,11-13H2,1H3. The molecule has 1 unspecified atom stereocenters. The lowest BCUT2D eigenvalue weighted by atomic mass is 10.1. The minimum absolute atomic E-state index is 0.0232. The summed E-state index contributed by atoms with van der Waals surface area (Å²) in [6.45, 7) is 2.38. The van der Waals surface area contributed by atoms with Gasteiger partial charge < -0.3 is 19.3 Å². The third kappa shape index (κ3) is 3.66. The quantitative estimate of drug-likeness (QED) is 0.811. The number of aromatic nitrogens is 2. The molecule has 2 aliphatic rings. The Labute approximate surface area is 157 Å². The Balaban J connectivity index is 1.52. The molecule has 0 aliphatic carbocycles. The largest absolute Gasteiger partial charge is 0.482 e. The van der Waals surface area contributed by atoms with Crippen molar-refractivity contribution in [3.05, 3.63) is 42.2 Å². The van der Waals surface area contributed by atoms with E-state index in [0.717, 1.165) is 6.42 Å². The van der Waals surface area contributed by atoms with Crippen molar-refractivity contribution in [2.45, 2.75) is 19.1 Å². The minimum atomic E-state index is -0.130. The Morgan fingerprint density at radius 3 is 3.07 bits per heavy atom. The van der Waals surface area contributed by atoms with Gasteiger partial charge in [-0.3, -0.25) is 14.3 Å². The van der Waals surface area contributed by atoms with Gasteiger partial charge in [0.2, 0.25) is 0 Å². The number of hydrogen-bond donors (Lipinski definition) is 0. The fraction of sp³-hybridized carbons (Fsp3) is 0.421. The SMILES string of the molecule is CN1C(=O)COc2ccc(C(=O)N3CCCOC(Cn4cccn4)C3)cc21.